The van der Waals surface area contributed by atoms with E-state index in [2.05, 4.69) is 21.2 Å². The zero-order valence-corrected chi connectivity index (χ0v) is 13.7. The molecule has 1 amide bonds. The first kappa shape index (κ1) is 15.5. The summed E-state index contributed by atoms with van der Waals surface area (Å²) in [6, 6.07) is 10.2. The number of aryl methyl sites for hydroxylation is 1. The third-order valence-corrected chi connectivity index (χ3v) is 3.77. The Bertz CT molecular complexity index is 669. The van der Waals surface area contributed by atoms with Gasteiger partial charge in [-0.05, 0) is 64.8 Å². The lowest BCUT2D eigenvalue weighted by atomic mass is 10.1. The molecule has 2 rings (SSSR count). The first-order valence-electron chi connectivity index (χ1n) is 6.43. The smallest absolute Gasteiger partial charge is 0.255 e. The average molecular weight is 351 g/mol. The number of nitrogens with one attached hydrogen (secondary N) is 1. The number of rotatable bonds is 3. The minimum absolute atomic E-state index is 0.259. The van der Waals surface area contributed by atoms with Crippen LogP contribution in [0.1, 0.15) is 15.9 Å². The van der Waals surface area contributed by atoms with Crippen molar-refractivity contribution in [3.63, 3.8) is 0 Å². The highest BCUT2D eigenvalue weighted by atomic mass is 79.9. The number of carbonyl (C=O) groups is 1. The van der Waals surface area contributed by atoms with E-state index < -0.39 is 5.82 Å². The Hall–Kier alpha value is -1.88. The van der Waals surface area contributed by atoms with Crippen molar-refractivity contribution < 1.29 is 9.18 Å². The summed E-state index contributed by atoms with van der Waals surface area (Å²) in [5.74, 6) is -0.663. The van der Waals surface area contributed by atoms with Gasteiger partial charge in [-0.3, -0.25) is 4.79 Å². The van der Waals surface area contributed by atoms with Gasteiger partial charge in [-0.15, -0.1) is 0 Å². The number of amides is 1. The Balaban J connectivity index is 2.20. The third kappa shape index (κ3) is 3.61. The monoisotopic (exact) mass is 350 g/mol. The van der Waals surface area contributed by atoms with Crippen LogP contribution < -0.4 is 10.2 Å². The van der Waals surface area contributed by atoms with E-state index in [9.17, 15) is 9.18 Å². The maximum absolute atomic E-state index is 13.6. The van der Waals surface area contributed by atoms with E-state index in [1.165, 1.54) is 6.07 Å². The van der Waals surface area contributed by atoms with Gasteiger partial charge in [0.25, 0.3) is 5.91 Å². The summed E-state index contributed by atoms with van der Waals surface area (Å²) in [5, 5.41) is 2.73. The van der Waals surface area contributed by atoms with Crippen LogP contribution >= 0.6 is 15.9 Å². The van der Waals surface area contributed by atoms with Gasteiger partial charge in [-0.2, -0.15) is 0 Å². The van der Waals surface area contributed by atoms with E-state index >= 15 is 0 Å². The van der Waals surface area contributed by atoms with Crippen molar-refractivity contribution in [1.82, 2.24) is 0 Å². The lowest BCUT2D eigenvalue weighted by Crippen LogP contribution is -2.14. The predicted octanol–water partition coefficient (Wildman–Crippen LogP) is 4.21. The summed E-state index contributed by atoms with van der Waals surface area (Å²) >= 11 is 3.12. The highest BCUT2D eigenvalue weighted by Gasteiger charge is 2.10. The van der Waals surface area contributed by atoms with Crippen molar-refractivity contribution >= 4 is 33.2 Å². The van der Waals surface area contributed by atoms with Crippen LogP contribution in [0.5, 0.6) is 0 Å². The summed E-state index contributed by atoms with van der Waals surface area (Å²) in [6.45, 7) is 1.81. The Kier molecular flexibility index (Phi) is 4.63. The summed E-state index contributed by atoms with van der Waals surface area (Å²) in [7, 11) is 3.87. The minimum Gasteiger partial charge on any atom is -0.378 e. The Morgan fingerprint density at radius 2 is 1.81 bits per heavy atom. The van der Waals surface area contributed by atoms with E-state index in [4.69, 9.17) is 0 Å². The Labute approximate surface area is 131 Å². The number of benzene rings is 2. The summed E-state index contributed by atoms with van der Waals surface area (Å²) in [5.41, 5.74) is 2.81. The van der Waals surface area contributed by atoms with Crippen molar-refractivity contribution in [1.29, 1.82) is 0 Å². The summed E-state index contributed by atoms with van der Waals surface area (Å²) in [4.78, 5) is 14.1. The van der Waals surface area contributed by atoms with Gasteiger partial charge in [-0.1, -0.05) is 0 Å². The Morgan fingerprint density at radius 3 is 2.38 bits per heavy atom. The van der Waals surface area contributed by atoms with Gasteiger partial charge < -0.3 is 10.2 Å². The normalized spacial score (nSPS) is 10.3. The Morgan fingerprint density at radius 1 is 1.19 bits per heavy atom. The first-order valence-corrected chi connectivity index (χ1v) is 7.22. The minimum atomic E-state index is -0.404. The molecule has 2 aromatic rings. The van der Waals surface area contributed by atoms with Crippen LogP contribution in [0.2, 0.25) is 0 Å². The standard InChI is InChI=1S/C16H16BrFN2O/c1-10-8-13(17)14(18)9-15(10)19-16(21)11-4-6-12(7-5-11)20(2)3/h4-9H,1-3H3,(H,19,21). The SMILES string of the molecule is Cc1cc(Br)c(F)cc1NC(=O)c1ccc(N(C)C)cc1. The van der Waals surface area contributed by atoms with Gasteiger partial charge in [0.1, 0.15) is 5.82 Å². The molecule has 0 radical (unpaired) electrons. The molecular formula is C16H16BrFN2O. The van der Waals surface area contributed by atoms with Crippen molar-refractivity contribution in [3.05, 3.63) is 57.8 Å². The van der Waals surface area contributed by atoms with Crippen molar-refractivity contribution in [2.45, 2.75) is 6.92 Å². The molecule has 0 heterocycles. The maximum atomic E-state index is 13.6. The first-order chi connectivity index (χ1) is 9.88. The van der Waals surface area contributed by atoms with Crippen LogP contribution in [0.3, 0.4) is 0 Å². The van der Waals surface area contributed by atoms with E-state index in [0.717, 1.165) is 11.3 Å². The lowest BCUT2D eigenvalue weighted by molar-refractivity contribution is 0.102. The second kappa shape index (κ2) is 6.26. The van der Waals surface area contributed by atoms with Gasteiger partial charge in [0, 0.05) is 31.0 Å². The van der Waals surface area contributed by atoms with Crippen molar-refractivity contribution in [3.8, 4) is 0 Å². The van der Waals surface area contributed by atoms with Crippen LogP contribution in [-0.4, -0.2) is 20.0 Å². The number of halogens is 2. The molecule has 0 atom stereocenters. The van der Waals surface area contributed by atoms with E-state index in [0.29, 0.717) is 15.7 Å². The molecule has 5 heteroatoms. The average Bonchev–Trinajstić information content (AvgIpc) is 2.44. The van der Waals surface area contributed by atoms with Crippen LogP contribution in [-0.2, 0) is 0 Å². The molecule has 0 aliphatic rings. The summed E-state index contributed by atoms with van der Waals surface area (Å²) < 4.78 is 13.9. The molecule has 3 nitrogen and oxygen atoms in total. The third-order valence-electron chi connectivity index (χ3n) is 3.16. The molecule has 0 spiro atoms. The number of hydrogen-bond acceptors (Lipinski definition) is 2. The maximum Gasteiger partial charge on any atom is 0.255 e. The van der Waals surface area contributed by atoms with Gasteiger partial charge in [-0.25, -0.2) is 4.39 Å². The van der Waals surface area contributed by atoms with Crippen LogP contribution in [0, 0.1) is 12.7 Å². The zero-order valence-electron chi connectivity index (χ0n) is 12.1. The lowest BCUT2D eigenvalue weighted by Gasteiger charge is -2.13. The molecular weight excluding hydrogens is 335 g/mol. The predicted molar refractivity (Wildman–Crippen MR) is 87.6 cm³/mol. The molecule has 21 heavy (non-hydrogen) atoms. The van der Waals surface area contributed by atoms with Crippen LogP contribution in [0.4, 0.5) is 15.8 Å². The van der Waals surface area contributed by atoms with E-state index in [-0.39, 0.29) is 5.91 Å². The second-order valence-corrected chi connectivity index (χ2v) is 5.83. The number of nitrogens with zero attached hydrogens (tertiary/aromatic N) is 1. The topological polar surface area (TPSA) is 32.3 Å². The molecule has 0 aliphatic carbocycles. The highest BCUT2D eigenvalue weighted by Crippen LogP contribution is 2.24. The molecule has 0 saturated carbocycles. The van der Waals surface area contributed by atoms with Crippen molar-refractivity contribution in [2.75, 3.05) is 24.3 Å². The van der Waals surface area contributed by atoms with Gasteiger partial charge in [0.05, 0.1) is 4.47 Å². The second-order valence-electron chi connectivity index (χ2n) is 4.98. The number of hydrogen-bond donors (Lipinski definition) is 1. The molecule has 1 N–H and O–H groups in total. The molecule has 0 aliphatic heterocycles. The molecule has 110 valence electrons. The van der Waals surface area contributed by atoms with Gasteiger partial charge >= 0.3 is 0 Å². The van der Waals surface area contributed by atoms with Crippen molar-refractivity contribution in [2.24, 2.45) is 0 Å². The van der Waals surface area contributed by atoms with Crippen LogP contribution in [0.15, 0.2) is 40.9 Å². The zero-order chi connectivity index (χ0) is 15.6. The fraction of sp³-hybridized carbons (Fsp3) is 0.188. The van der Waals surface area contributed by atoms with E-state index in [1.54, 1.807) is 18.2 Å². The quantitative estimate of drug-likeness (QED) is 0.898. The summed E-state index contributed by atoms with van der Waals surface area (Å²) in [6.07, 6.45) is 0. The van der Waals surface area contributed by atoms with Crippen LogP contribution in [0.25, 0.3) is 0 Å². The fourth-order valence-electron chi connectivity index (χ4n) is 1.89. The molecule has 0 fully saturated rings. The highest BCUT2D eigenvalue weighted by molar-refractivity contribution is 9.10. The number of anilines is 2. The van der Waals surface area contributed by atoms with Gasteiger partial charge in [0.15, 0.2) is 0 Å². The van der Waals surface area contributed by atoms with Gasteiger partial charge in [0.2, 0.25) is 0 Å². The van der Waals surface area contributed by atoms with E-state index in [1.807, 2.05) is 38.1 Å². The molecule has 0 aromatic heterocycles. The fourth-order valence-corrected chi connectivity index (χ4v) is 2.34. The molecule has 0 unspecified atom stereocenters. The molecule has 0 bridgehead atoms. The number of carbonyl (C=O) groups excluding carboxylic acids is 1. The largest absolute Gasteiger partial charge is 0.378 e. The molecule has 0 saturated heterocycles. The molecule has 2 aromatic carbocycles.